The normalized spacial score (nSPS) is 10.9. The van der Waals surface area contributed by atoms with Crippen LogP contribution >= 0.6 is 0 Å². The minimum absolute atomic E-state index is 0.0872. The van der Waals surface area contributed by atoms with Crippen LogP contribution in [0.25, 0.3) is 0 Å². The molecule has 0 saturated heterocycles. The van der Waals surface area contributed by atoms with Gasteiger partial charge < -0.3 is 9.84 Å². The molecule has 0 aliphatic heterocycles. The van der Waals surface area contributed by atoms with E-state index in [0.29, 0.717) is 23.5 Å². The van der Waals surface area contributed by atoms with Crippen LogP contribution in [0.2, 0.25) is 0 Å². The largest absolute Gasteiger partial charge is 0.465 e. The van der Waals surface area contributed by atoms with Crippen LogP contribution in [0.5, 0.6) is 0 Å². The Hall–Kier alpha value is -3.35. The summed E-state index contributed by atoms with van der Waals surface area (Å²) < 4.78 is 5.18. The topological polar surface area (TPSA) is 105 Å². The van der Waals surface area contributed by atoms with E-state index in [1.54, 1.807) is 48.5 Å². The van der Waals surface area contributed by atoms with Crippen LogP contribution < -0.4 is 10.6 Å². The first-order valence-electron chi connectivity index (χ1n) is 9.78. The molecule has 2 aromatic carbocycles. The molecule has 0 heterocycles. The molecule has 3 N–H and O–H groups in total. The highest BCUT2D eigenvalue weighted by Gasteiger charge is 2.11. The molecule has 0 saturated carbocycles. The maximum Gasteiger partial charge on any atom is 0.411 e. The van der Waals surface area contributed by atoms with Gasteiger partial charge in [-0.1, -0.05) is 32.9 Å². The number of nitrogens with one attached hydrogen (secondary N) is 2. The fourth-order valence-electron chi connectivity index (χ4n) is 2.78. The van der Waals surface area contributed by atoms with Crippen molar-refractivity contribution in [2.75, 3.05) is 17.2 Å². The first kappa shape index (κ1) is 22.9. The molecule has 0 spiro atoms. The summed E-state index contributed by atoms with van der Waals surface area (Å²) in [6.45, 7) is 6.80. The number of hydrogen-bond donors (Lipinski definition) is 3. The van der Waals surface area contributed by atoms with E-state index in [1.165, 1.54) is 0 Å². The van der Waals surface area contributed by atoms with Crippen molar-refractivity contribution in [3.05, 3.63) is 59.7 Å². The number of amides is 2. The summed E-state index contributed by atoms with van der Waals surface area (Å²) in [5.41, 5.74) is 2.50. The second-order valence-corrected chi connectivity index (χ2v) is 8.23. The van der Waals surface area contributed by atoms with E-state index in [2.05, 4.69) is 31.4 Å². The Labute approximate surface area is 176 Å². The van der Waals surface area contributed by atoms with Gasteiger partial charge in [0.25, 0.3) is 0 Å². The molecule has 0 bridgehead atoms. The first-order valence-corrected chi connectivity index (χ1v) is 9.78. The molecule has 2 amide bonds. The lowest BCUT2D eigenvalue weighted by Gasteiger charge is -2.17. The number of benzene rings is 2. The third-order valence-corrected chi connectivity index (χ3v) is 4.33. The fraction of sp³-hybridized carbons (Fsp3) is 0.348. The van der Waals surface area contributed by atoms with Crippen LogP contribution in [0.4, 0.5) is 21.0 Å². The smallest absolute Gasteiger partial charge is 0.411 e. The number of hydrogen-bond acceptors (Lipinski definition) is 4. The molecule has 0 aliphatic carbocycles. The predicted octanol–water partition coefficient (Wildman–Crippen LogP) is 5.58. The summed E-state index contributed by atoms with van der Waals surface area (Å²) >= 11 is 0. The summed E-state index contributed by atoms with van der Waals surface area (Å²) in [7, 11) is 0. The molecule has 0 aromatic heterocycles. The summed E-state index contributed by atoms with van der Waals surface area (Å²) in [5.74, 6) is -0.0872. The number of carboxylic acid groups (broad SMARTS) is 1. The van der Waals surface area contributed by atoms with Gasteiger partial charge in [0.2, 0.25) is 0 Å². The highest BCUT2D eigenvalue weighted by molar-refractivity contribution is 5.98. The van der Waals surface area contributed by atoms with E-state index >= 15 is 0 Å². The Balaban J connectivity index is 1.81. The second-order valence-electron chi connectivity index (χ2n) is 8.23. The van der Waals surface area contributed by atoms with E-state index in [4.69, 9.17) is 9.84 Å². The Kier molecular flexibility index (Phi) is 7.98. The van der Waals surface area contributed by atoms with Crippen molar-refractivity contribution in [3.63, 3.8) is 0 Å². The Morgan fingerprint density at radius 3 is 2.03 bits per heavy atom. The van der Waals surface area contributed by atoms with Gasteiger partial charge in [0.15, 0.2) is 5.78 Å². The van der Waals surface area contributed by atoms with Gasteiger partial charge in [-0.05, 0) is 60.2 Å². The molecule has 0 aliphatic rings. The van der Waals surface area contributed by atoms with Crippen molar-refractivity contribution in [2.24, 2.45) is 5.41 Å². The monoisotopic (exact) mass is 412 g/mol. The number of anilines is 2. The van der Waals surface area contributed by atoms with Crippen LogP contribution in [0.3, 0.4) is 0 Å². The van der Waals surface area contributed by atoms with E-state index in [0.717, 1.165) is 18.4 Å². The van der Waals surface area contributed by atoms with Crippen molar-refractivity contribution in [3.8, 4) is 0 Å². The van der Waals surface area contributed by atoms with Gasteiger partial charge in [0.1, 0.15) is 0 Å². The zero-order valence-corrected chi connectivity index (χ0v) is 17.5. The maximum atomic E-state index is 12.4. The lowest BCUT2D eigenvalue weighted by Crippen LogP contribution is -2.15. The van der Waals surface area contributed by atoms with E-state index in [9.17, 15) is 14.4 Å². The second kappa shape index (κ2) is 10.4. The van der Waals surface area contributed by atoms with E-state index < -0.39 is 12.2 Å². The number of ether oxygens (including phenoxy) is 1. The number of Topliss-reactive ketones (excluding diaryl/α,β-unsaturated/α-hetero) is 1. The summed E-state index contributed by atoms with van der Waals surface area (Å²) in [6.07, 6.45) is 0.329. The van der Waals surface area contributed by atoms with Crippen LogP contribution in [-0.4, -0.2) is 29.7 Å². The quantitative estimate of drug-likeness (QED) is 0.388. The molecule has 2 aromatic rings. The van der Waals surface area contributed by atoms with Gasteiger partial charge in [0.05, 0.1) is 6.61 Å². The molecule has 0 unspecified atom stereocenters. The SMILES string of the molecule is CC(C)(C)CCCOC(=O)Nc1ccc(CC(=O)c2ccc(NC(=O)O)cc2)cc1. The highest BCUT2D eigenvalue weighted by atomic mass is 16.5. The number of carbonyl (C=O) groups excluding carboxylic acids is 2. The van der Waals surface area contributed by atoms with Crippen molar-refractivity contribution in [1.29, 1.82) is 0 Å². The third-order valence-electron chi connectivity index (χ3n) is 4.33. The lowest BCUT2D eigenvalue weighted by molar-refractivity contribution is 0.0993. The molecule has 30 heavy (non-hydrogen) atoms. The van der Waals surface area contributed by atoms with Crippen molar-refractivity contribution >= 4 is 29.3 Å². The Bertz CT molecular complexity index is 868. The van der Waals surface area contributed by atoms with E-state index in [-0.39, 0.29) is 17.6 Å². The van der Waals surface area contributed by atoms with Crippen LogP contribution in [0, 0.1) is 5.41 Å². The lowest BCUT2D eigenvalue weighted by atomic mass is 9.91. The molecule has 0 radical (unpaired) electrons. The minimum Gasteiger partial charge on any atom is -0.465 e. The molecule has 7 heteroatoms. The molecular formula is C23H28N2O5. The summed E-state index contributed by atoms with van der Waals surface area (Å²) in [6, 6.07) is 13.2. The average molecular weight is 412 g/mol. The molecule has 0 atom stereocenters. The van der Waals surface area contributed by atoms with Gasteiger partial charge in [0, 0.05) is 23.4 Å². The Morgan fingerprint density at radius 1 is 0.900 bits per heavy atom. The molecular weight excluding hydrogens is 384 g/mol. The summed E-state index contributed by atoms with van der Waals surface area (Å²) in [4.78, 5) is 34.9. The summed E-state index contributed by atoms with van der Waals surface area (Å²) in [5, 5.41) is 13.6. The number of carbonyl (C=O) groups is 3. The maximum absolute atomic E-state index is 12.4. The van der Waals surface area contributed by atoms with Crippen molar-refractivity contribution in [1.82, 2.24) is 0 Å². The average Bonchev–Trinajstić information content (AvgIpc) is 2.66. The molecule has 160 valence electrons. The van der Waals surface area contributed by atoms with E-state index in [1.807, 2.05) is 0 Å². The molecule has 7 nitrogen and oxygen atoms in total. The van der Waals surface area contributed by atoms with Gasteiger partial charge >= 0.3 is 12.2 Å². The molecule has 2 rings (SSSR count). The first-order chi connectivity index (χ1) is 14.1. The predicted molar refractivity (Wildman–Crippen MR) is 116 cm³/mol. The molecule has 0 fully saturated rings. The van der Waals surface area contributed by atoms with Crippen LogP contribution in [-0.2, 0) is 11.2 Å². The van der Waals surface area contributed by atoms with Crippen molar-refractivity contribution < 1.29 is 24.2 Å². The van der Waals surface area contributed by atoms with Gasteiger partial charge in [-0.3, -0.25) is 15.4 Å². The van der Waals surface area contributed by atoms with Gasteiger partial charge in [-0.15, -0.1) is 0 Å². The van der Waals surface area contributed by atoms with Gasteiger partial charge in [-0.2, -0.15) is 0 Å². The minimum atomic E-state index is -1.16. The number of ketones is 1. The fourth-order valence-corrected chi connectivity index (χ4v) is 2.78. The zero-order valence-electron chi connectivity index (χ0n) is 17.5. The highest BCUT2D eigenvalue weighted by Crippen LogP contribution is 2.20. The number of rotatable bonds is 8. The van der Waals surface area contributed by atoms with Crippen LogP contribution in [0.1, 0.15) is 49.5 Å². The Morgan fingerprint density at radius 2 is 1.47 bits per heavy atom. The van der Waals surface area contributed by atoms with Crippen molar-refractivity contribution in [2.45, 2.75) is 40.0 Å². The van der Waals surface area contributed by atoms with Crippen LogP contribution in [0.15, 0.2) is 48.5 Å². The zero-order chi connectivity index (χ0) is 22.1. The van der Waals surface area contributed by atoms with Gasteiger partial charge in [-0.25, -0.2) is 9.59 Å². The third kappa shape index (κ3) is 8.34. The standard InChI is InChI=1S/C23H28N2O5/c1-23(2,3)13-4-14-30-22(29)25-19-9-5-16(6-10-19)15-20(26)17-7-11-18(12-8-17)24-21(27)28/h5-12,24H,4,13-15H2,1-3H3,(H,25,29)(H,27,28).